The maximum Gasteiger partial charge on any atom is 0.262 e. The van der Waals surface area contributed by atoms with Crippen LogP contribution >= 0.6 is 23.8 Å². The van der Waals surface area contributed by atoms with Crippen LogP contribution in [-0.4, -0.2) is 20.4 Å². The smallest absolute Gasteiger partial charge is 0.262 e. The molecule has 0 fully saturated rings. The number of nitrogens with zero attached hydrogens (tertiary/aromatic N) is 2. The molecule has 2 N–H and O–H groups in total. The van der Waals surface area contributed by atoms with Crippen molar-refractivity contribution in [1.29, 1.82) is 0 Å². The van der Waals surface area contributed by atoms with Crippen molar-refractivity contribution in [3.05, 3.63) is 79.8 Å². The first kappa shape index (κ1) is 17.5. The van der Waals surface area contributed by atoms with Gasteiger partial charge in [0, 0.05) is 16.8 Å². The number of H-pyrrole nitrogens is 1. The Kier molecular flexibility index (Phi) is 4.30. The van der Waals surface area contributed by atoms with Crippen molar-refractivity contribution in [3.8, 4) is 11.6 Å². The van der Waals surface area contributed by atoms with Crippen LogP contribution in [0, 0.1) is 4.77 Å². The topological polar surface area (TPSA) is 70.4 Å². The highest BCUT2D eigenvalue weighted by Gasteiger charge is 2.20. The van der Waals surface area contributed by atoms with Gasteiger partial charge in [0.05, 0.1) is 16.4 Å². The summed E-state index contributed by atoms with van der Waals surface area (Å²) in [6.07, 6.45) is 1.63. The maximum absolute atomic E-state index is 12.5. The fraction of sp³-hybridized carbons (Fsp3) is 0.0500. The summed E-state index contributed by atoms with van der Waals surface area (Å²) in [7, 11) is 0. The van der Waals surface area contributed by atoms with Crippen LogP contribution in [0.25, 0.3) is 17.3 Å². The van der Waals surface area contributed by atoms with Crippen LogP contribution in [0.2, 0.25) is 5.02 Å². The monoisotopic (exact) mass is 395 g/mol. The molecule has 0 aliphatic carbocycles. The van der Waals surface area contributed by atoms with Gasteiger partial charge in [-0.1, -0.05) is 41.9 Å². The lowest BCUT2D eigenvalue weighted by Crippen LogP contribution is -2.16. The van der Waals surface area contributed by atoms with Crippen molar-refractivity contribution < 1.29 is 5.11 Å². The Balaban J connectivity index is 1.98. The van der Waals surface area contributed by atoms with Gasteiger partial charge in [-0.05, 0) is 43.4 Å². The predicted octanol–water partition coefficient (Wildman–Crippen LogP) is 4.90. The molecule has 134 valence electrons. The van der Waals surface area contributed by atoms with Crippen LogP contribution < -0.4 is 5.56 Å². The van der Waals surface area contributed by atoms with Crippen molar-refractivity contribution in [2.45, 2.75) is 6.92 Å². The fourth-order valence-electron chi connectivity index (χ4n) is 3.09. The standard InChI is InChI=1S/C20H14ClN3O2S/c1-11-13(12-6-2-4-8-16(12)22-11)10-14-18(25)23-20(27)24(19(14)26)17-9-5-3-7-15(17)21/h2-10,26H,1H3,(H,23,25,27)/b13-10-. The van der Waals surface area contributed by atoms with E-state index in [0.717, 1.165) is 22.5 Å². The minimum absolute atomic E-state index is 0.0601. The highest BCUT2D eigenvalue weighted by atomic mass is 35.5. The third kappa shape index (κ3) is 2.93. The Morgan fingerprint density at radius 2 is 1.89 bits per heavy atom. The van der Waals surface area contributed by atoms with Gasteiger partial charge in [0.1, 0.15) is 5.56 Å². The van der Waals surface area contributed by atoms with E-state index in [0.29, 0.717) is 10.7 Å². The normalized spacial score (nSPS) is 14.3. The molecule has 1 aromatic heterocycles. The minimum Gasteiger partial charge on any atom is -0.494 e. The molecule has 5 nitrogen and oxygen atoms in total. The van der Waals surface area contributed by atoms with Crippen LogP contribution in [0.1, 0.15) is 18.1 Å². The van der Waals surface area contributed by atoms with Crippen molar-refractivity contribution in [1.82, 2.24) is 9.55 Å². The molecule has 0 bridgehead atoms. The van der Waals surface area contributed by atoms with Gasteiger partial charge in [0.15, 0.2) is 4.77 Å². The molecule has 0 unspecified atom stereocenters. The molecule has 27 heavy (non-hydrogen) atoms. The SMILES string of the molecule is CC1=Nc2ccccc2/C1=C\c1c(O)n(-c2ccccc2Cl)c(=S)[nH]c1=O. The van der Waals surface area contributed by atoms with Gasteiger partial charge in [-0.15, -0.1) is 0 Å². The van der Waals surface area contributed by atoms with Gasteiger partial charge in [-0.3, -0.25) is 19.3 Å². The first-order valence-electron chi connectivity index (χ1n) is 8.17. The molecule has 2 aromatic carbocycles. The number of aliphatic imine (C=N–C) groups is 1. The molecule has 1 aliphatic rings. The molecule has 2 heterocycles. The average Bonchev–Trinajstić information content (AvgIpc) is 2.95. The summed E-state index contributed by atoms with van der Waals surface area (Å²) in [6, 6.07) is 14.6. The third-order valence-electron chi connectivity index (χ3n) is 4.38. The van der Waals surface area contributed by atoms with E-state index in [2.05, 4.69) is 9.98 Å². The zero-order chi connectivity index (χ0) is 19.1. The van der Waals surface area contributed by atoms with Crippen molar-refractivity contribution in [3.63, 3.8) is 0 Å². The summed E-state index contributed by atoms with van der Waals surface area (Å²) in [6.45, 7) is 1.86. The molecule has 7 heteroatoms. The quantitative estimate of drug-likeness (QED) is 0.606. The number of fused-ring (bicyclic) bond motifs is 1. The Morgan fingerprint density at radius 1 is 1.19 bits per heavy atom. The van der Waals surface area contributed by atoms with E-state index in [9.17, 15) is 9.90 Å². The van der Waals surface area contributed by atoms with E-state index < -0.39 is 5.56 Å². The maximum atomic E-state index is 12.5. The van der Waals surface area contributed by atoms with Crippen LogP contribution in [-0.2, 0) is 0 Å². The lowest BCUT2D eigenvalue weighted by molar-refractivity contribution is 0.432. The Morgan fingerprint density at radius 3 is 2.67 bits per heavy atom. The number of halogens is 1. The molecule has 1 aliphatic heterocycles. The Hall–Kier alpha value is -2.96. The number of allylic oxidation sites excluding steroid dienone is 1. The second-order valence-electron chi connectivity index (χ2n) is 6.06. The van der Waals surface area contributed by atoms with E-state index in [1.165, 1.54) is 4.57 Å². The van der Waals surface area contributed by atoms with E-state index in [4.69, 9.17) is 23.8 Å². The second kappa shape index (κ2) is 6.64. The molecule has 0 amide bonds. The summed E-state index contributed by atoms with van der Waals surface area (Å²) in [4.78, 5) is 19.6. The highest BCUT2D eigenvalue weighted by Crippen LogP contribution is 2.36. The minimum atomic E-state index is -0.481. The van der Waals surface area contributed by atoms with Crippen LogP contribution in [0.4, 0.5) is 5.69 Å². The third-order valence-corrected chi connectivity index (χ3v) is 4.98. The van der Waals surface area contributed by atoms with E-state index in [1.807, 2.05) is 31.2 Å². The Bertz CT molecular complexity index is 1250. The number of aromatic hydroxyl groups is 1. The molecule has 3 aromatic rings. The summed E-state index contributed by atoms with van der Waals surface area (Å²) in [5, 5.41) is 11.3. The van der Waals surface area contributed by atoms with Crippen LogP contribution in [0.3, 0.4) is 0 Å². The molecule has 0 saturated heterocycles. The zero-order valence-corrected chi connectivity index (χ0v) is 15.8. The number of hydrogen-bond acceptors (Lipinski definition) is 4. The van der Waals surface area contributed by atoms with Gasteiger partial charge >= 0.3 is 0 Å². The summed E-state index contributed by atoms with van der Waals surface area (Å²) in [5.41, 5.74) is 3.36. The van der Waals surface area contributed by atoms with Crippen molar-refractivity contribution in [2.24, 2.45) is 4.99 Å². The van der Waals surface area contributed by atoms with E-state index in [-0.39, 0.29) is 16.2 Å². The molecule has 0 saturated carbocycles. The summed E-state index contributed by atoms with van der Waals surface area (Å²) < 4.78 is 1.41. The molecule has 0 spiro atoms. The first-order valence-corrected chi connectivity index (χ1v) is 8.96. The lowest BCUT2D eigenvalue weighted by Gasteiger charge is -2.13. The first-order chi connectivity index (χ1) is 13.0. The molecular formula is C20H14ClN3O2S. The van der Waals surface area contributed by atoms with Gasteiger partial charge < -0.3 is 5.11 Å². The predicted molar refractivity (Wildman–Crippen MR) is 111 cm³/mol. The molecule has 4 rings (SSSR count). The van der Waals surface area contributed by atoms with Gasteiger partial charge in [0.2, 0.25) is 5.88 Å². The largest absolute Gasteiger partial charge is 0.494 e. The lowest BCUT2D eigenvalue weighted by atomic mass is 10.0. The van der Waals surface area contributed by atoms with Gasteiger partial charge in [-0.25, -0.2) is 0 Å². The average molecular weight is 396 g/mol. The number of aromatic amines is 1. The second-order valence-corrected chi connectivity index (χ2v) is 6.85. The molecule has 0 radical (unpaired) electrons. The van der Waals surface area contributed by atoms with Crippen molar-refractivity contribution in [2.75, 3.05) is 0 Å². The number of rotatable bonds is 2. The molecule has 0 atom stereocenters. The van der Waals surface area contributed by atoms with E-state index >= 15 is 0 Å². The Labute approximate surface area is 164 Å². The number of para-hydroxylation sites is 2. The number of hydrogen-bond donors (Lipinski definition) is 2. The van der Waals surface area contributed by atoms with Crippen LogP contribution in [0.5, 0.6) is 5.88 Å². The zero-order valence-electron chi connectivity index (χ0n) is 14.2. The van der Waals surface area contributed by atoms with Gasteiger partial charge in [0.25, 0.3) is 5.56 Å². The number of aromatic nitrogens is 2. The van der Waals surface area contributed by atoms with E-state index in [1.54, 1.807) is 30.3 Å². The highest BCUT2D eigenvalue weighted by molar-refractivity contribution is 7.71. The van der Waals surface area contributed by atoms with Crippen molar-refractivity contribution >= 4 is 46.9 Å². The fourth-order valence-corrected chi connectivity index (χ4v) is 3.58. The number of benzene rings is 2. The van der Waals surface area contributed by atoms with Crippen LogP contribution in [0.15, 0.2) is 58.3 Å². The molecular weight excluding hydrogens is 382 g/mol. The summed E-state index contributed by atoms with van der Waals surface area (Å²) in [5.74, 6) is -0.276. The van der Waals surface area contributed by atoms with Gasteiger partial charge in [-0.2, -0.15) is 0 Å². The summed E-state index contributed by atoms with van der Waals surface area (Å²) >= 11 is 11.5. The number of nitrogens with one attached hydrogen (secondary N) is 1.